The highest BCUT2D eigenvalue weighted by atomic mass is 35.5. The van der Waals surface area contributed by atoms with Gasteiger partial charge in [0.2, 0.25) is 0 Å². The molecule has 0 radical (unpaired) electrons. The van der Waals surface area contributed by atoms with Crippen LogP contribution in [0, 0.1) is 6.92 Å². The molecule has 1 aliphatic carbocycles. The Morgan fingerprint density at radius 3 is 2.84 bits per heavy atom. The molecule has 0 saturated heterocycles. The summed E-state index contributed by atoms with van der Waals surface area (Å²) in [5.74, 6) is -0.731. The topological polar surface area (TPSA) is 107 Å². The fraction of sp³-hybridized carbons (Fsp3) is 0.375. The molecule has 0 saturated carbocycles. The van der Waals surface area contributed by atoms with Crippen LogP contribution in [-0.2, 0) is 34.7 Å². The number of nitrogens with zero attached hydrogens (tertiary/aromatic N) is 2. The quantitative estimate of drug-likeness (QED) is 0.431. The van der Waals surface area contributed by atoms with Crippen molar-refractivity contribution in [2.45, 2.75) is 57.9 Å². The molecule has 32 heavy (non-hydrogen) atoms. The van der Waals surface area contributed by atoms with Crippen LogP contribution in [0.1, 0.15) is 59.2 Å². The van der Waals surface area contributed by atoms with Gasteiger partial charge in [0.25, 0.3) is 5.56 Å². The number of carbonyl (C=O) groups is 1. The van der Waals surface area contributed by atoms with Crippen LogP contribution in [0.2, 0.25) is 5.02 Å². The summed E-state index contributed by atoms with van der Waals surface area (Å²) in [5.41, 5.74) is 11.2. The number of rotatable bonds is 1. The van der Waals surface area contributed by atoms with Crippen molar-refractivity contribution in [3.8, 4) is 11.4 Å². The maximum atomic E-state index is 13.4. The normalized spacial score (nSPS) is 23.0. The number of benzene rings is 1. The van der Waals surface area contributed by atoms with Gasteiger partial charge >= 0.3 is 5.97 Å². The van der Waals surface area contributed by atoms with Crippen molar-refractivity contribution in [3.05, 3.63) is 60.9 Å². The van der Waals surface area contributed by atoms with Crippen LogP contribution in [0.4, 0.5) is 0 Å². The Hall–Kier alpha value is -2.74. The van der Waals surface area contributed by atoms with Gasteiger partial charge in [-0.25, -0.2) is 9.78 Å². The number of halogens is 1. The van der Waals surface area contributed by atoms with Crippen LogP contribution < -0.4 is 11.3 Å². The van der Waals surface area contributed by atoms with Crippen LogP contribution in [-0.4, -0.2) is 20.6 Å². The number of aliphatic hydroxyl groups is 1. The van der Waals surface area contributed by atoms with E-state index in [0.717, 1.165) is 40.4 Å². The van der Waals surface area contributed by atoms with Crippen molar-refractivity contribution in [3.63, 3.8) is 0 Å². The summed E-state index contributed by atoms with van der Waals surface area (Å²) in [5, 5.41) is 12.7. The number of pyridine rings is 2. The zero-order valence-corrected chi connectivity index (χ0v) is 18.5. The average molecular weight is 452 g/mol. The second-order valence-electron chi connectivity index (χ2n) is 8.96. The van der Waals surface area contributed by atoms with Crippen LogP contribution in [0.5, 0.6) is 0 Å². The van der Waals surface area contributed by atoms with E-state index in [4.69, 9.17) is 27.1 Å². The fourth-order valence-electron chi connectivity index (χ4n) is 5.59. The lowest BCUT2D eigenvalue weighted by Crippen LogP contribution is -2.44. The highest BCUT2D eigenvalue weighted by Crippen LogP contribution is 2.45. The Bertz CT molecular complexity index is 1440. The number of carbonyl (C=O) groups excluding carboxylic acids is 1. The summed E-state index contributed by atoms with van der Waals surface area (Å²) in [6.07, 6.45) is 1.73. The number of cyclic esters (lactones) is 1. The van der Waals surface area contributed by atoms with Gasteiger partial charge < -0.3 is 20.1 Å². The molecule has 0 spiro atoms. The van der Waals surface area contributed by atoms with Gasteiger partial charge in [0.05, 0.1) is 29.0 Å². The molecule has 4 heterocycles. The minimum Gasteiger partial charge on any atom is -0.458 e. The van der Waals surface area contributed by atoms with E-state index in [2.05, 4.69) is 0 Å². The Kier molecular flexibility index (Phi) is 3.98. The van der Waals surface area contributed by atoms with Crippen LogP contribution in [0.15, 0.2) is 16.9 Å². The first kappa shape index (κ1) is 19.9. The highest BCUT2D eigenvalue weighted by molar-refractivity contribution is 6.32. The molecular weight excluding hydrogens is 430 g/mol. The fourth-order valence-corrected chi connectivity index (χ4v) is 5.81. The maximum absolute atomic E-state index is 13.4. The van der Waals surface area contributed by atoms with E-state index in [9.17, 15) is 14.7 Å². The predicted octanol–water partition coefficient (Wildman–Crippen LogP) is 2.99. The smallest absolute Gasteiger partial charge is 0.343 e. The maximum Gasteiger partial charge on any atom is 0.343 e. The van der Waals surface area contributed by atoms with Crippen LogP contribution >= 0.6 is 11.6 Å². The molecule has 0 amide bonds. The largest absolute Gasteiger partial charge is 0.458 e. The van der Waals surface area contributed by atoms with E-state index >= 15 is 0 Å². The van der Waals surface area contributed by atoms with Crippen molar-refractivity contribution in [1.29, 1.82) is 0 Å². The van der Waals surface area contributed by atoms with Crippen molar-refractivity contribution < 1.29 is 14.6 Å². The number of hydrogen-bond acceptors (Lipinski definition) is 6. The van der Waals surface area contributed by atoms with Gasteiger partial charge in [-0.3, -0.25) is 4.79 Å². The standard InChI is InChI=1S/C24H22ClN3O4/c1-3-24(31)14-6-18-21-12(8-28(18)22(29)13(14)9-32-23(24)30)19-16(26)5-4-11-10(2)15(25)7-17(27-21)20(11)19/h6-7,16,31H,3-5,8-9,26H2,1-2H3/t16?,24-/m0/s1. The molecule has 7 nitrogen and oxygen atoms in total. The molecule has 2 aliphatic heterocycles. The summed E-state index contributed by atoms with van der Waals surface area (Å²) < 4.78 is 6.80. The van der Waals surface area contributed by atoms with E-state index in [0.29, 0.717) is 34.1 Å². The first-order chi connectivity index (χ1) is 15.3. The molecule has 2 atom stereocenters. The molecule has 8 heteroatoms. The number of aryl methyl sites for hydroxylation is 1. The zero-order valence-electron chi connectivity index (χ0n) is 17.8. The first-order valence-corrected chi connectivity index (χ1v) is 11.2. The lowest BCUT2D eigenvalue weighted by Gasteiger charge is -2.31. The SMILES string of the molecule is CC[C@@]1(O)C(=O)OCc2c1cc1n(c2=O)Cc2c-1nc1cc(Cl)c(C)c3c1c2C(N)CC3. The summed E-state index contributed by atoms with van der Waals surface area (Å²) in [7, 11) is 0. The molecule has 6 rings (SSSR count). The number of aromatic nitrogens is 2. The van der Waals surface area contributed by atoms with Crippen molar-refractivity contribution in [1.82, 2.24) is 9.55 Å². The lowest BCUT2D eigenvalue weighted by molar-refractivity contribution is -0.172. The third-order valence-electron chi connectivity index (χ3n) is 7.42. The Balaban J connectivity index is 1.70. The number of fused-ring (bicyclic) bond motifs is 5. The van der Waals surface area contributed by atoms with E-state index in [-0.39, 0.29) is 24.6 Å². The van der Waals surface area contributed by atoms with Gasteiger partial charge in [0.1, 0.15) is 6.61 Å². The first-order valence-electron chi connectivity index (χ1n) is 10.8. The summed E-state index contributed by atoms with van der Waals surface area (Å²) >= 11 is 6.52. The molecule has 3 N–H and O–H groups in total. The number of hydrogen-bond donors (Lipinski definition) is 2. The summed E-state index contributed by atoms with van der Waals surface area (Å²) in [6, 6.07) is 3.42. The van der Waals surface area contributed by atoms with Gasteiger partial charge in [0, 0.05) is 27.6 Å². The number of esters is 1. The lowest BCUT2D eigenvalue weighted by atomic mass is 9.82. The van der Waals surface area contributed by atoms with E-state index < -0.39 is 11.6 Å². The van der Waals surface area contributed by atoms with E-state index in [1.54, 1.807) is 17.6 Å². The molecule has 2 aromatic heterocycles. The Morgan fingerprint density at radius 2 is 2.09 bits per heavy atom. The average Bonchev–Trinajstić information content (AvgIpc) is 3.14. The van der Waals surface area contributed by atoms with Crippen molar-refractivity contribution in [2.75, 3.05) is 0 Å². The van der Waals surface area contributed by atoms with Crippen LogP contribution in [0.25, 0.3) is 22.3 Å². The highest BCUT2D eigenvalue weighted by Gasteiger charge is 2.45. The van der Waals surface area contributed by atoms with Gasteiger partial charge in [-0.2, -0.15) is 0 Å². The van der Waals surface area contributed by atoms with Gasteiger partial charge in [-0.1, -0.05) is 18.5 Å². The van der Waals surface area contributed by atoms with E-state index in [1.165, 1.54) is 5.56 Å². The monoisotopic (exact) mass is 451 g/mol. The molecule has 0 bridgehead atoms. The van der Waals surface area contributed by atoms with Crippen molar-refractivity contribution >= 4 is 28.5 Å². The molecular formula is C24H22ClN3O4. The second kappa shape index (κ2) is 6.41. The Labute approximate surface area is 188 Å². The molecule has 1 unspecified atom stereocenters. The molecule has 1 aromatic carbocycles. The van der Waals surface area contributed by atoms with E-state index in [1.807, 2.05) is 13.0 Å². The third-order valence-corrected chi connectivity index (χ3v) is 7.82. The second-order valence-corrected chi connectivity index (χ2v) is 9.36. The Morgan fingerprint density at radius 1 is 1.31 bits per heavy atom. The minimum atomic E-state index is -1.85. The number of ether oxygens (including phenoxy) is 1. The van der Waals surface area contributed by atoms with Gasteiger partial charge in [-0.05, 0) is 55.0 Å². The molecule has 3 aromatic rings. The zero-order chi connectivity index (χ0) is 22.5. The summed E-state index contributed by atoms with van der Waals surface area (Å²) in [6.45, 7) is 3.91. The minimum absolute atomic E-state index is 0.105. The predicted molar refractivity (Wildman–Crippen MR) is 120 cm³/mol. The van der Waals surface area contributed by atoms with Gasteiger partial charge in [0.15, 0.2) is 5.60 Å². The molecule has 164 valence electrons. The van der Waals surface area contributed by atoms with Crippen molar-refractivity contribution in [2.24, 2.45) is 5.73 Å². The third kappa shape index (κ3) is 2.31. The molecule has 0 fully saturated rings. The number of nitrogens with two attached hydrogens (primary N) is 1. The van der Waals surface area contributed by atoms with Crippen LogP contribution in [0.3, 0.4) is 0 Å². The summed E-state index contributed by atoms with van der Waals surface area (Å²) in [4.78, 5) is 30.7. The van der Waals surface area contributed by atoms with Gasteiger partial charge in [-0.15, -0.1) is 0 Å². The molecule has 3 aliphatic rings.